The number of nitrogens with two attached hydrogens (primary N) is 1. The Morgan fingerprint density at radius 3 is 2.38 bits per heavy atom. The summed E-state index contributed by atoms with van der Waals surface area (Å²) < 4.78 is 5.19. The van der Waals surface area contributed by atoms with Gasteiger partial charge in [-0.05, 0) is 29.7 Å². The van der Waals surface area contributed by atoms with Crippen molar-refractivity contribution in [2.45, 2.75) is 25.1 Å². The van der Waals surface area contributed by atoms with Crippen molar-refractivity contribution in [1.29, 1.82) is 0 Å². The van der Waals surface area contributed by atoms with Crippen LogP contribution < -0.4 is 15.8 Å². The molecular formula is C18H26Cl2N2O2. The maximum Gasteiger partial charge on any atom is 0.119 e. The molecule has 2 rings (SSSR count). The lowest BCUT2D eigenvalue weighted by Crippen LogP contribution is -2.42. The molecule has 2 aromatic rings. The summed E-state index contributed by atoms with van der Waals surface area (Å²) >= 11 is 0. The molecule has 0 bridgehead atoms. The number of ether oxygens (including phenoxy) is 1. The van der Waals surface area contributed by atoms with Crippen molar-refractivity contribution in [3.63, 3.8) is 0 Å². The van der Waals surface area contributed by atoms with E-state index in [9.17, 15) is 5.11 Å². The fourth-order valence-corrected chi connectivity index (χ4v) is 2.32. The van der Waals surface area contributed by atoms with Crippen LogP contribution in [0.3, 0.4) is 0 Å². The van der Waals surface area contributed by atoms with E-state index < -0.39 is 6.10 Å². The molecule has 4 nitrogen and oxygen atoms in total. The third-order valence-corrected chi connectivity index (χ3v) is 3.63. The van der Waals surface area contributed by atoms with Gasteiger partial charge in [-0.3, -0.25) is 0 Å². The molecule has 0 aliphatic rings. The Balaban J connectivity index is 0.00000264. The van der Waals surface area contributed by atoms with Crippen molar-refractivity contribution in [3.8, 4) is 5.75 Å². The molecule has 0 aliphatic heterocycles. The van der Waals surface area contributed by atoms with E-state index in [1.54, 1.807) is 7.11 Å². The van der Waals surface area contributed by atoms with E-state index in [2.05, 4.69) is 5.32 Å². The van der Waals surface area contributed by atoms with Gasteiger partial charge in [0.1, 0.15) is 5.75 Å². The Hall–Kier alpha value is -1.30. The Morgan fingerprint density at radius 2 is 1.71 bits per heavy atom. The van der Waals surface area contributed by atoms with Crippen LogP contribution in [0.25, 0.3) is 0 Å². The van der Waals surface area contributed by atoms with Crippen LogP contribution in [-0.2, 0) is 13.0 Å². The second-order valence-electron chi connectivity index (χ2n) is 5.40. The fraction of sp³-hybridized carbons (Fsp3) is 0.333. The first-order chi connectivity index (χ1) is 10.7. The topological polar surface area (TPSA) is 67.5 Å². The highest BCUT2D eigenvalue weighted by atomic mass is 35.5. The Morgan fingerprint density at radius 1 is 1.04 bits per heavy atom. The van der Waals surface area contributed by atoms with E-state index in [1.165, 1.54) is 0 Å². The van der Waals surface area contributed by atoms with Crippen molar-refractivity contribution < 1.29 is 9.84 Å². The Bertz CT molecular complexity index is 570. The molecule has 0 aliphatic carbocycles. The van der Waals surface area contributed by atoms with E-state index in [-0.39, 0.29) is 30.9 Å². The predicted octanol–water partition coefficient (Wildman–Crippen LogP) is 2.56. The molecule has 0 saturated heterocycles. The van der Waals surface area contributed by atoms with Crippen LogP contribution in [0.5, 0.6) is 5.75 Å². The molecule has 0 radical (unpaired) electrons. The number of methoxy groups -OCH3 is 1. The van der Waals surface area contributed by atoms with Crippen molar-refractivity contribution in [3.05, 3.63) is 65.7 Å². The van der Waals surface area contributed by atoms with Crippen LogP contribution in [0.2, 0.25) is 0 Å². The summed E-state index contributed by atoms with van der Waals surface area (Å²) in [7, 11) is 1.65. The maximum atomic E-state index is 10.1. The molecule has 0 unspecified atom stereocenters. The second kappa shape index (κ2) is 12.1. The van der Waals surface area contributed by atoms with Gasteiger partial charge in [0.25, 0.3) is 0 Å². The molecular weight excluding hydrogens is 347 g/mol. The minimum absolute atomic E-state index is 0. The van der Waals surface area contributed by atoms with Crippen LogP contribution >= 0.6 is 24.8 Å². The van der Waals surface area contributed by atoms with Crippen LogP contribution in [0.1, 0.15) is 11.1 Å². The molecule has 2 aromatic carbocycles. The van der Waals surface area contributed by atoms with Gasteiger partial charge in [0.05, 0.1) is 13.2 Å². The summed E-state index contributed by atoms with van der Waals surface area (Å²) in [5.74, 6) is 0.834. The van der Waals surface area contributed by atoms with Gasteiger partial charge in [-0.25, -0.2) is 0 Å². The van der Waals surface area contributed by atoms with Gasteiger partial charge >= 0.3 is 0 Å². The summed E-state index contributed by atoms with van der Waals surface area (Å²) in [4.78, 5) is 0. The van der Waals surface area contributed by atoms with Gasteiger partial charge < -0.3 is 20.9 Å². The molecule has 0 heterocycles. The molecule has 0 saturated carbocycles. The van der Waals surface area contributed by atoms with Crippen LogP contribution in [0, 0.1) is 0 Å². The summed E-state index contributed by atoms with van der Waals surface area (Å²) in [6, 6.07) is 17.6. The average Bonchev–Trinajstić information content (AvgIpc) is 2.56. The molecule has 2 atom stereocenters. The van der Waals surface area contributed by atoms with E-state index >= 15 is 0 Å². The lowest BCUT2D eigenvalue weighted by molar-refractivity contribution is 0.141. The number of benzene rings is 2. The van der Waals surface area contributed by atoms with Gasteiger partial charge in [0, 0.05) is 19.1 Å². The summed E-state index contributed by atoms with van der Waals surface area (Å²) in [6.07, 6.45) is 0.0915. The zero-order valence-electron chi connectivity index (χ0n) is 13.7. The SMILES string of the molecule is COc1cccc(CNC[C@@H](O)[C@@H](N)Cc2ccccc2)c1.Cl.Cl. The van der Waals surface area contributed by atoms with Crippen LogP contribution in [-0.4, -0.2) is 30.9 Å². The second-order valence-corrected chi connectivity index (χ2v) is 5.40. The third kappa shape index (κ3) is 7.51. The smallest absolute Gasteiger partial charge is 0.119 e. The zero-order valence-corrected chi connectivity index (χ0v) is 15.4. The van der Waals surface area contributed by atoms with Crippen LogP contribution in [0.4, 0.5) is 0 Å². The fourth-order valence-electron chi connectivity index (χ4n) is 2.32. The third-order valence-electron chi connectivity index (χ3n) is 3.63. The Kier molecular flexibility index (Phi) is 11.5. The minimum Gasteiger partial charge on any atom is -0.497 e. The van der Waals surface area contributed by atoms with Crippen molar-refractivity contribution in [2.75, 3.05) is 13.7 Å². The number of hydrogen-bond donors (Lipinski definition) is 3. The van der Waals surface area contributed by atoms with Crippen molar-refractivity contribution in [1.82, 2.24) is 5.32 Å². The number of aliphatic hydroxyl groups is 1. The lowest BCUT2D eigenvalue weighted by Gasteiger charge is -2.19. The molecule has 0 amide bonds. The molecule has 4 N–H and O–H groups in total. The summed E-state index contributed by atoms with van der Waals surface area (Å²) in [5.41, 5.74) is 8.32. The van der Waals surface area contributed by atoms with E-state index in [0.29, 0.717) is 19.5 Å². The summed E-state index contributed by atoms with van der Waals surface area (Å²) in [5, 5.41) is 13.4. The van der Waals surface area contributed by atoms with Gasteiger partial charge in [-0.2, -0.15) is 0 Å². The van der Waals surface area contributed by atoms with Crippen LogP contribution in [0.15, 0.2) is 54.6 Å². The zero-order chi connectivity index (χ0) is 15.8. The van der Waals surface area contributed by atoms with Gasteiger partial charge in [-0.15, -0.1) is 24.8 Å². The number of halogens is 2. The number of aliphatic hydroxyl groups excluding tert-OH is 1. The number of rotatable bonds is 8. The first kappa shape index (κ1) is 22.7. The molecule has 0 spiro atoms. The van der Waals surface area contributed by atoms with Crippen molar-refractivity contribution >= 4 is 24.8 Å². The van der Waals surface area contributed by atoms with E-state index in [1.807, 2.05) is 54.6 Å². The monoisotopic (exact) mass is 372 g/mol. The van der Waals surface area contributed by atoms with E-state index in [4.69, 9.17) is 10.5 Å². The first-order valence-electron chi connectivity index (χ1n) is 7.50. The predicted molar refractivity (Wildman–Crippen MR) is 103 cm³/mol. The highest BCUT2D eigenvalue weighted by Crippen LogP contribution is 2.12. The first-order valence-corrected chi connectivity index (χ1v) is 7.50. The maximum absolute atomic E-state index is 10.1. The molecule has 6 heteroatoms. The largest absolute Gasteiger partial charge is 0.497 e. The van der Waals surface area contributed by atoms with E-state index in [0.717, 1.165) is 16.9 Å². The van der Waals surface area contributed by atoms with Gasteiger partial charge in [0.2, 0.25) is 0 Å². The Labute approximate surface area is 156 Å². The number of nitrogens with one attached hydrogen (secondary N) is 1. The lowest BCUT2D eigenvalue weighted by atomic mass is 10.0. The number of hydrogen-bond acceptors (Lipinski definition) is 4. The molecule has 24 heavy (non-hydrogen) atoms. The minimum atomic E-state index is -0.578. The molecule has 0 aromatic heterocycles. The quantitative estimate of drug-likeness (QED) is 0.665. The molecule has 0 fully saturated rings. The highest BCUT2D eigenvalue weighted by Gasteiger charge is 2.14. The van der Waals surface area contributed by atoms with Gasteiger partial charge in [-0.1, -0.05) is 42.5 Å². The molecule has 134 valence electrons. The highest BCUT2D eigenvalue weighted by molar-refractivity contribution is 5.85. The average molecular weight is 373 g/mol. The summed E-state index contributed by atoms with van der Waals surface area (Å²) in [6.45, 7) is 1.14. The standard InChI is InChI=1S/C18H24N2O2.2ClH/c1-22-16-9-5-8-15(10-16)12-20-13-18(21)17(19)11-14-6-3-2-4-7-14;;/h2-10,17-18,20-21H,11-13,19H2,1H3;2*1H/t17-,18+;;/m0../s1. The normalized spacial score (nSPS) is 12.5. The van der Waals surface area contributed by atoms with Gasteiger partial charge in [0.15, 0.2) is 0 Å². The van der Waals surface area contributed by atoms with Crippen molar-refractivity contribution in [2.24, 2.45) is 5.73 Å².